The van der Waals surface area contributed by atoms with Crippen molar-refractivity contribution >= 4 is 33.3 Å². The van der Waals surface area contributed by atoms with Crippen LogP contribution in [-0.2, 0) is 18.3 Å². The average molecular weight is 429 g/mol. The Kier molecular flexibility index (Phi) is 4.96. The van der Waals surface area contributed by atoms with Crippen molar-refractivity contribution in [1.82, 2.24) is 19.5 Å². The highest BCUT2D eigenvalue weighted by atomic mass is 32.1. The lowest BCUT2D eigenvalue weighted by atomic mass is 10.1. The molecule has 4 aromatic rings. The third-order valence-corrected chi connectivity index (χ3v) is 5.15. The van der Waals surface area contributed by atoms with E-state index in [9.17, 15) is 23.2 Å². The largest absolute Gasteiger partial charge is 0.328 e. The molecule has 0 radical (unpaired) electrons. The first-order valence-electron chi connectivity index (χ1n) is 8.61. The lowest BCUT2D eigenvalue weighted by Gasteiger charge is -2.06. The predicted molar refractivity (Wildman–Crippen MR) is 107 cm³/mol. The maximum absolute atomic E-state index is 13.4. The van der Waals surface area contributed by atoms with Crippen LogP contribution in [0.1, 0.15) is 5.69 Å². The molecular weight excluding hydrogens is 416 g/mol. The number of benzene rings is 1. The number of carbonyl (C=O) groups is 1. The number of hydrogen-bond donors (Lipinski definition) is 2. The van der Waals surface area contributed by atoms with Gasteiger partial charge in [-0.15, -0.1) is 11.3 Å². The summed E-state index contributed by atoms with van der Waals surface area (Å²) in [5.74, 6) is -2.43. The molecule has 0 aliphatic rings. The van der Waals surface area contributed by atoms with Crippen LogP contribution in [0, 0.1) is 11.6 Å². The molecule has 30 heavy (non-hydrogen) atoms. The zero-order valence-corrected chi connectivity index (χ0v) is 16.2. The molecule has 8 nitrogen and oxygen atoms in total. The van der Waals surface area contributed by atoms with Gasteiger partial charge in [-0.05, 0) is 24.3 Å². The first-order valence-corrected chi connectivity index (χ1v) is 9.49. The van der Waals surface area contributed by atoms with E-state index in [0.717, 1.165) is 28.0 Å². The van der Waals surface area contributed by atoms with Gasteiger partial charge in [0.25, 0.3) is 5.56 Å². The highest BCUT2D eigenvalue weighted by Gasteiger charge is 2.15. The van der Waals surface area contributed by atoms with Gasteiger partial charge in [-0.3, -0.25) is 19.1 Å². The summed E-state index contributed by atoms with van der Waals surface area (Å²) in [5.41, 5.74) is 0.119. The fourth-order valence-electron chi connectivity index (χ4n) is 2.88. The summed E-state index contributed by atoms with van der Waals surface area (Å²) in [6, 6.07) is 4.88. The molecule has 11 heteroatoms. The van der Waals surface area contributed by atoms with Crippen LogP contribution in [-0.4, -0.2) is 25.4 Å². The highest BCUT2D eigenvalue weighted by Crippen LogP contribution is 2.26. The van der Waals surface area contributed by atoms with Gasteiger partial charge < -0.3 is 10.3 Å². The van der Waals surface area contributed by atoms with Crippen molar-refractivity contribution in [2.75, 3.05) is 5.32 Å². The molecule has 2 N–H and O–H groups in total. The van der Waals surface area contributed by atoms with E-state index in [1.165, 1.54) is 25.4 Å². The first-order chi connectivity index (χ1) is 14.3. The molecule has 0 saturated heterocycles. The predicted octanol–water partition coefficient (Wildman–Crippen LogP) is 2.20. The van der Waals surface area contributed by atoms with Crippen LogP contribution >= 0.6 is 11.3 Å². The summed E-state index contributed by atoms with van der Waals surface area (Å²) in [7, 11) is 1.33. The van der Waals surface area contributed by atoms with E-state index in [2.05, 4.69) is 20.3 Å². The molecule has 3 heterocycles. The number of aromatic nitrogens is 4. The SMILES string of the molecule is Cn1c(=O)[nH]c2ccnc(CC(=O)Nc3nc(-c4ccc(F)c(F)c4)cs3)c2c1=O. The van der Waals surface area contributed by atoms with Gasteiger partial charge in [0, 0.05) is 24.2 Å². The zero-order chi connectivity index (χ0) is 21.4. The molecule has 1 amide bonds. The number of aromatic amines is 1. The Labute approximate surface area is 170 Å². The number of nitrogens with zero attached hydrogens (tertiary/aromatic N) is 3. The van der Waals surface area contributed by atoms with Crippen molar-refractivity contribution in [2.45, 2.75) is 6.42 Å². The summed E-state index contributed by atoms with van der Waals surface area (Å²) in [5, 5.41) is 4.59. The fourth-order valence-corrected chi connectivity index (χ4v) is 3.61. The number of H-pyrrole nitrogens is 1. The molecule has 0 spiro atoms. The Morgan fingerprint density at radius 3 is 2.80 bits per heavy atom. The van der Waals surface area contributed by atoms with Crippen molar-refractivity contribution in [3.05, 3.63) is 74.0 Å². The first kappa shape index (κ1) is 19.6. The Hall–Kier alpha value is -3.73. The second-order valence-electron chi connectivity index (χ2n) is 6.37. The van der Waals surface area contributed by atoms with E-state index < -0.39 is 28.8 Å². The topological polar surface area (TPSA) is 110 Å². The average Bonchev–Trinajstić information content (AvgIpc) is 3.16. The zero-order valence-electron chi connectivity index (χ0n) is 15.4. The lowest BCUT2D eigenvalue weighted by molar-refractivity contribution is -0.115. The van der Waals surface area contributed by atoms with Crippen molar-refractivity contribution < 1.29 is 13.6 Å². The summed E-state index contributed by atoms with van der Waals surface area (Å²) >= 11 is 1.11. The number of amides is 1. The van der Waals surface area contributed by atoms with Crippen LogP contribution in [0.15, 0.2) is 45.4 Å². The second kappa shape index (κ2) is 7.59. The number of anilines is 1. The highest BCUT2D eigenvalue weighted by molar-refractivity contribution is 7.14. The monoisotopic (exact) mass is 429 g/mol. The lowest BCUT2D eigenvalue weighted by Crippen LogP contribution is -2.33. The summed E-state index contributed by atoms with van der Waals surface area (Å²) in [4.78, 5) is 47.5. The van der Waals surface area contributed by atoms with Crippen LogP contribution in [0.3, 0.4) is 0 Å². The van der Waals surface area contributed by atoms with Gasteiger partial charge in [0.1, 0.15) is 0 Å². The summed E-state index contributed by atoms with van der Waals surface area (Å²) in [6.07, 6.45) is 1.17. The molecule has 0 saturated carbocycles. The fraction of sp³-hybridized carbons (Fsp3) is 0.105. The Balaban J connectivity index is 1.57. The number of halogens is 2. The number of hydrogen-bond acceptors (Lipinski definition) is 6. The second-order valence-corrected chi connectivity index (χ2v) is 7.22. The molecule has 0 aliphatic carbocycles. The van der Waals surface area contributed by atoms with E-state index in [0.29, 0.717) is 11.3 Å². The molecule has 3 aromatic heterocycles. The van der Waals surface area contributed by atoms with Crippen molar-refractivity contribution in [3.63, 3.8) is 0 Å². The third kappa shape index (κ3) is 3.62. The van der Waals surface area contributed by atoms with Crippen molar-refractivity contribution in [1.29, 1.82) is 0 Å². The van der Waals surface area contributed by atoms with E-state index in [4.69, 9.17) is 0 Å². The minimum atomic E-state index is -0.993. The third-order valence-electron chi connectivity index (χ3n) is 4.39. The molecule has 152 valence electrons. The number of nitrogens with one attached hydrogen (secondary N) is 2. The Morgan fingerprint density at radius 1 is 1.23 bits per heavy atom. The molecular formula is C19H13F2N5O3S. The van der Waals surface area contributed by atoms with E-state index >= 15 is 0 Å². The molecule has 0 fully saturated rings. The standard InChI is InChI=1S/C19H13F2N5O3S/c1-26-17(28)16-12(24-19(26)29)4-5-22-13(16)7-15(27)25-18-23-14(8-30-18)9-2-3-10(20)11(21)6-9/h2-6,8H,7H2,1H3,(H,24,29)(H,23,25,27). The van der Waals surface area contributed by atoms with E-state index in [1.807, 2.05) is 0 Å². The number of pyridine rings is 1. The van der Waals surface area contributed by atoms with Gasteiger partial charge in [0.15, 0.2) is 16.8 Å². The van der Waals surface area contributed by atoms with Crippen LogP contribution in [0.5, 0.6) is 0 Å². The van der Waals surface area contributed by atoms with Gasteiger partial charge in [0.05, 0.1) is 28.7 Å². The molecule has 0 bridgehead atoms. The van der Waals surface area contributed by atoms with Crippen molar-refractivity contribution in [3.8, 4) is 11.3 Å². The molecule has 0 aliphatic heterocycles. The van der Waals surface area contributed by atoms with E-state index in [1.54, 1.807) is 5.38 Å². The van der Waals surface area contributed by atoms with Gasteiger partial charge >= 0.3 is 5.69 Å². The van der Waals surface area contributed by atoms with Crippen molar-refractivity contribution in [2.24, 2.45) is 7.05 Å². The van der Waals surface area contributed by atoms with Gasteiger partial charge in [-0.1, -0.05) is 0 Å². The maximum Gasteiger partial charge on any atom is 0.328 e. The number of thiazole rings is 1. The number of rotatable bonds is 4. The molecule has 0 unspecified atom stereocenters. The Morgan fingerprint density at radius 2 is 2.03 bits per heavy atom. The van der Waals surface area contributed by atoms with E-state index in [-0.39, 0.29) is 28.1 Å². The van der Waals surface area contributed by atoms with Gasteiger partial charge in [0.2, 0.25) is 5.91 Å². The van der Waals surface area contributed by atoms with Gasteiger partial charge in [-0.2, -0.15) is 0 Å². The maximum atomic E-state index is 13.4. The van der Waals surface area contributed by atoms with Gasteiger partial charge in [-0.25, -0.2) is 18.6 Å². The normalized spacial score (nSPS) is 11.0. The summed E-state index contributed by atoms with van der Waals surface area (Å²) < 4.78 is 27.4. The minimum Gasteiger partial charge on any atom is -0.307 e. The van der Waals surface area contributed by atoms with Crippen LogP contribution in [0.2, 0.25) is 0 Å². The minimum absolute atomic E-state index is 0.149. The van der Waals surface area contributed by atoms with Crippen LogP contribution in [0.25, 0.3) is 22.2 Å². The molecule has 4 rings (SSSR count). The summed E-state index contributed by atoms with van der Waals surface area (Å²) in [6.45, 7) is 0. The molecule has 0 atom stereocenters. The Bertz CT molecular complexity index is 1410. The molecule has 1 aromatic carbocycles. The number of fused-ring (bicyclic) bond motifs is 1. The number of carbonyl (C=O) groups excluding carboxylic acids is 1. The smallest absolute Gasteiger partial charge is 0.307 e. The van der Waals surface area contributed by atoms with Crippen LogP contribution < -0.4 is 16.6 Å². The quantitative estimate of drug-likeness (QED) is 0.517. The van der Waals surface area contributed by atoms with Crippen LogP contribution in [0.4, 0.5) is 13.9 Å².